The first kappa shape index (κ1) is 17.6. The average molecular weight is 314 g/mol. The maximum atomic E-state index is 12.0. The second-order valence-electron chi connectivity index (χ2n) is 6.43. The first-order valence-electron chi connectivity index (χ1n) is 9.06. The van der Waals surface area contributed by atoms with Gasteiger partial charge >= 0.3 is 0 Å². The van der Waals surface area contributed by atoms with Crippen molar-refractivity contribution in [3.05, 3.63) is 36.0 Å². The zero-order valence-corrected chi connectivity index (χ0v) is 14.5. The quantitative estimate of drug-likeness (QED) is 0.648. The van der Waals surface area contributed by atoms with E-state index in [2.05, 4.69) is 48.5 Å². The van der Waals surface area contributed by atoms with Gasteiger partial charge in [-0.3, -0.25) is 4.79 Å². The van der Waals surface area contributed by atoms with Gasteiger partial charge in [-0.15, -0.1) is 0 Å². The van der Waals surface area contributed by atoms with Gasteiger partial charge in [0, 0.05) is 30.1 Å². The van der Waals surface area contributed by atoms with Crippen LogP contribution in [0.1, 0.15) is 57.9 Å². The van der Waals surface area contributed by atoms with Crippen LogP contribution in [0.3, 0.4) is 0 Å². The molecule has 1 amide bonds. The van der Waals surface area contributed by atoms with Crippen molar-refractivity contribution in [2.75, 3.05) is 6.54 Å². The molecule has 0 saturated carbocycles. The molecule has 0 aliphatic heterocycles. The molecule has 3 heteroatoms. The smallest absolute Gasteiger partial charge is 0.220 e. The number of unbranched alkanes of at least 4 members (excludes halogenated alkanes) is 1. The number of carbonyl (C=O) groups excluding carboxylic acids is 1. The summed E-state index contributed by atoms with van der Waals surface area (Å²) in [6.07, 6.45) is 9.40. The highest BCUT2D eigenvalue weighted by atomic mass is 16.1. The predicted octanol–water partition coefficient (Wildman–Crippen LogP) is 4.82. The number of nitrogens with one attached hydrogen (secondary N) is 2. The Hall–Kier alpha value is -1.77. The fourth-order valence-corrected chi connectivity index (χ4v) is 3.07. The van der Waals surface area contributed by atoms with Crippen LogP contribution in [0.5, 0.6) is 0 Å². The number of amides is 1. The summed E-state index contributed by atoms with van der Waals surface area (Å²) >= 11 is 0. The number of hydrogen-bond donors (Lipinski definition) is 2. The third kappa shape index (κ3) is 5.42. The van der Waals surface area contributed by atoms with Crippen molar-refractivity contribution in [1.82, 2.24) is 10.3 Å². The van der Waals surface area contributed by atoms with Crippen molar-refractivity contribution in [2.24, 2.45) is 5.92 Å². The van der Waals surface area contributed by atoms with Crippen LogP contribution in [0.4, 0.5) is 0 Å². The van der Waals surface area contributed by atoms with Crippen LogP contribution >= 0.6 is 0 Å². The second kappa shape index (κ2) is 9.39. The number of aryl methyl sites for hydroxylation is 1. The fraction of sp³-hybridized carbons (Fsp3) is 0.550. The number of benzene rings is 1. The van der Waals surface area contributed by atoms with Crippen molar-refractivity contribution >= 4 is 16.8 Å². The Bertz CT molecular complexity index is 602. The number of carbonyl (C=O) groups is 1. The molecular weight excluding hydrogens is 284 g/mol. The largest absolute Gasteiger partial charge is 0.361 e. The minimum atomic E-state index is 0.194. The maximum Gasteiger partial charge on any atom is 0.220 e. The minimum Gasteiger partial charge on any atom is -0.361 e. The summed E-state index contributed by atoms with van der Waals surface area (Å²) in [4.78, 5) is 15.3. The van der Waals surface area contributed by atoms with Crippen LogP contribution in [0.15, 0.2) is 30.5 Å². The van der Waals surface area contributed by atoms with Crippen LogP contribution in [-0.4, -0.2) is 17.4 Å². The van der Waals surface area contributed by atoms with Gasteiger partial charge in [-0.05, 0) is 36.8 Å². The molecule has 0 unspecified atom stereocenters. The van der Waals surface area contributed by atoms with Crippen molar-refractivity contribution in [1.29, 1.82) is 0 Å². The van der Waals surface area contributed by atoms with Gasteiger partial charge in [0.05, 0.1) is 0 Å². The van der Waals surface area contributed by atoms with Gasteiger partial charge in [-0.25, -0.2) is 0 Å². The maximum absolute atomic E-state index is 12.0. The van der Waals surface area contributed by atoms with E-state index in [0.29, 0.717) is 12.3 Å². The number of aromatic amines is 1. The third-order valence-corrected chi connectivity index (χ3v) is 4.66. The number of aromatic nitrogens is 1. The van der Waals surface area contributed by atoms with Crippen molar-refractivity contribution < 1.29 is 4.79 Å². The SMILES string of the molecule is CCCC[C@@H](CC)CNC(=O)CCCc1c[nH]c2ccccc12. The number of H-pyrrole nitrogens is 1. The van der Waals surface area contributed by atoms with E-state index in [1.54, 1.807) is 0 Å². The van der Waals surface area contributed by atoms with E-state index in [4.69, 9.17) is 0 Å². The van der Waals surface area contributed by atoms with Crippen molar-refractivity contribution in [2.45, 2.75) is 58.8 Å². The van der Waals surface area contributed by atoms with E-state index in [1.165, 1.54) is 35.7 Å². The summed E-state index contributed by atoms with van der Waals surface area (Å²) in [5.41, 5.74) is 2.48. The summed E-state index contributed by atoms with van der Waals surface area (Å²) < 4.78 is 0. The summed E-state index contributed by atoms with van der Waals surface area (Å²) in [5.74, 6) is 0.826. The second-order valence-corrected chi connectivity index (χ2v) is 6.43. The zero-order chi connectivity index (χ0) is 16.5. The summed E-state index contributed by atoms with van der Waals surface area (Å²) in [7, 11) is 0. The monoisotopic (exact) mass is 314 g/mol. The lowest BCUT2D eigenvalue weighted by atomic mass is 9.99. The zero-order valence-electron chi connectivity index (χ0n) is 14.5. The highest BCUT2D eigenvalue weighted by Crippen LogP contribution is 2.19. The summed E-state index contributed by atoms with van der Waals surface area (Å²) in [5, 5.41) is 4.39. The highest BCUT2D eigenvalue weighted by Gasteiger charge is 2.09. The van der Waals surface area contributed by atoms with E-state index in [1.807, 2.05) is 6.07 Å². The molecule has 0 saturated heterocycles. The van der Waals surface area contributed by atoms with E-state index < -0.39 is 0 Å². The lowest BCUT2D eigenvalue weighted by molar-refractivity contribution is -0.121. The molecular formula is C20H30N2O. The first-order chi connectivity index (χ1) is 11.2. The predicted molar refractivity (Wildman–Crippen MR) is 97.6 cm³/mol. The molecule has 1 aromatic carbocycles. The highest BCUT2D eigenvalue weighted by molar-refractivity contribution is 5.83. The van der Waals surface area contributed by atoms with E-state index in [9.17, 15) is 4.79 Å². The van der Waals surface area contributed by atoms with Gasteiger partial charge in [-0.2, -0.15) is 0 Å². The standard InChI is InChI=1S/C20H30N2O/c1-3-5-9-16(4-2)14-22-20(23)13-8-10-17-15-21-19-12-7-6-11-18(17)19/h6-7,11-12,15-16,21H,3-5,8-10,13-14H2,1-2H3,(H,22,23)/t16-/m1/s1. The molecule has 0 aliphatic rings. The molecule has 2 rings (SSSR count). The molecule has 1 aromatic heterocycles. The Morgan fingerprint density at radius 3 is 2.83 bits per heavy atom. The lowest BCUT2D eigenvalue weighted by Gasteiger charge is -2.15. The molecule has 1 atom stereocenters. The Morgan fingerprint density at radius 1 is 1.22 bits per heavy atom. The van der Waals surface area contributed by atoms with Gasteiger partial charge < -0.3 is 10.3 Å². The van der Waals surface area contributed by atoms with Crippen LogP contribution < -0.4 is 5.32 Å². The number of para-hydroxylation sites is 1. The van der Waals surface area contributed by atoms with Crippen LogP contribution in [0, 0.1) is 5.92 Å². The minimum absolute atomic E-state index is 0.194. The van der Waals surface area contributed by atoms with E-state index in [0.717, 1.165) is 25.8 Å². The fourth-order valence-electron chi connectivity index (χ4n) is 3.07. The van der Waals surface area contributed by atoms with E-state index >= 15 is 0 Å². The molecule has 0 radical (unpaired) electrons. The molecule has 0 bridgehead atoms. The molecule has 126 valence electrons. The van der Waals surface area contributed by atoms with Gasteiger partial charge in [0.1, 0.15) is 0 Å². The molecule has 23 heavy (non-hydrogen) atoms. The molecule has 2 aromatic rings. The molecule has 1 heterocycles. The number of rotatable bonds is 10. The Balaban J connectivity index is 1.70. The average Bonchev–Trinajstić information content (AvgIpc) is 2.98. The Morgan fingerprint density at radius 2 is 2.04 bits per heavy atom. The summed E-state index contributed by atoms with van der Waals surface area (Å²) in [6.45, 7) is 5.27. The van der Waals surface area contributed by atoms with E-state index in [-0.39, 0.29) is 5.91 Å². The van der Waals surface area contributed by atoms with Gasteiger partial charge in [0.15, 0.2) is 0 Å². The molecule has 2 N–H and O–H groups in total. The van der Waals surface area contributed by atoms with Crippen LogP contribution in [0.2, 0.25) is 0 Å². The van der Waals surface area contributed by atoms with Crippen LogP contribution in [-0.2, 0) is 11.2 Å². The Labute approximate surface area is 139 Å². The lowest BCUT2D eigenvalue weighted by Crippen LogP contribution is -2.29. The number of fused-ring (bicyclic) bond motifs is 1. The molecule has 3 nitrogen and oxygen atoms in total. The van der Waals surface area contributed by atoms with Crippen molar-refractivity contribution in [3.63, 3.8) is 0 Å². The normalized spacial score (nSPS) is 12.4. The van der Waals surface area contributed by atoms with Gasteiger partial charge in [-0.1, -0.05) is 51.3 Å². The topological polar surface area (TPSA) is 44.9 Å². The molecule has 0 fully saturated rings. The Kier molecular flexibility index (Phi) is 7.18. The number of hydrogen-bond acceptors (Lipinski definition) is 1. The molecule has 0 spiro atoms. The van der Waals surface area contributed by atoms with Crippen molar-refractivity contribution in [3.8, 4) is 0 Å². The van der Waals surface area contributed by atoms with Crippen LogP contribution in [0.25, 0.3) is 10.9 Å². The van der Waals surface area contributed by atoms with Gasteiger partial charge in [0.25, 0.3) is 0 Å². The van der Waals surface area contributed by atoms with Gasteiger partial charge in [0.2, 0.25) is 5.91 Å². The third-order valence-electron chi connectivity index (χ3n) is 4.66. The first-order valence-corrected chi connectivity index (χ1v) is 9.06. The molecule has 0 aliphatic carbocycles. The summed E-state index contributed by atoms with van der Waals surface area (Å²) in [6, 6.07) is 8.33.